The van der Waals surface area contributed by atoms with Crippen LogP contribution in [0.5, 0.6) is 0 Å². The van der Waals surface area contributed by atoms with Gasteiger partial charge in [-0.1, -0.05) is 6.92 Å². The Hall–Kier alpha value is -0.160. The van der Waals surface area contributed by atoms with Crippen molar-refractivity contribution in [3.8, 4) is 0 Å². The van der Waals surface area contributed by atoms with Gasteiger partial charge in [0.25, 0.3) is 0 Å². The molecule has 0 radical (unpaired) electrons. The molecule has 4 heteroatoms. The molecule has 0 aromatic rings. The molecule has 0 aromatic carbocycles. The lowest BCUT2D eigenvalue weighted by molar-refractivity contribution is 0.0710. The number of rotatable bonds is 6. The second kappa shape index (κ2) is 8.20. The number of nitrogens with one attached hydrogen (secondary N) is 2. The summed E-state index contributed by atoms with van der Waals surface area (Å²) in [6.07, 6.45) is 3.91. The highest BCUT2D eigenvalue weighted by atomic mass is 16.5. The molecule has 2 N–H and O–H groups in total. The molecule has 0 aromatic heterocycles. The molecule has 19 heavy (non-hydrogen) atoms. The summed E-state index contributed by atoms with van der Waals surface area (Å²) < 4.78 is 5.49. The van der Waals surface area contributed by atoms with Crippen LogP contribution < -0.4 is 10.6 Å². The first-order valence-electron chi connectivity index (χ1n) is 8.01. The average molecular weight is 269 g/mol. The molecule has 2 saturated heterocycles. The number of likely N-dealkylation sites (tertiary alicyclic amines) is 1. The SMILES string of the molecule is CC1CCN(CCNC(C)CC2COCCN2)CC1. The number of nitrogens with zero attached hydrogens (tertiary/aromatic N) is 1. The fourth-order valence-electron chi connectivity index (χ4n) is 3.04. The molecule has 4 nitrogen and oxygen atoms in total. The van der Waals surface area contributed by atoms with Crippen molar-refractivity contribution in [3.63, 3.8) is 0 Å². The van der Waals surface area contributed by atoms with Crippen molar-refractivity contribution < 1.29 is 4.74 Å². The van der Waals surface area contributed by atoms with Crippen LogP contribution in [-0.4, -0.2) is 62.9 Å². The molecule has 0 spiro atoms. The first-order valence-corrected chi connectivity index (χ1v) is 8.01. The summed E-state index contributed by atoms with van der Waals surface area (Å²) in [6, 6.07) is 1.11. The van der Waals surface area contributed by atoms with Crippen molar-refractivity contribution in [1.29, 1.82) is 0 Å². The molecule has 2 unspecified atom stereocenters. The topological polar surface area (TPSA) is 36.5 Å². The van der Waals surface area contributed by atoms with Crippen LogP contribution in [0.25, 0.3) is 0 Å². The molecule has 0 aliphatic carbocycles. The molecule has 112 valence electrons. The lowest BCUT2D eigenvalue weighted by Crippen LogP contribution is -2.46. The van der Waals surface area contributed by atoms with Crippen molar-refractivity contribution in [2.24, 2.45) is 5.92 Å². The predicted octanol–water partition coefficient (Wildman–Crippen LogP) is 1.07. The van der Waals surface area contributed by atoms with Crippen LogP contribution in [0.4, 0.5) is 0 Å². The van der Waals surface area contributed by atoms with Crippen molar-refractivity contribution >= 4 is 0 Å². The van der Waals surface area contributed by atoms with Gasteiger partial charge in [0.15, 0.2) is 0 Å². The van der Waals surface area contributed by atoms with Gasteiger partial charge in [-0.2, -0.15) is 0 Å². The van der Waals surface area contributed by atoms with Gasteiger partial charge >= 0.3 is 0 Å². The highest BCUT2D eigenvalue weighted by molar-refractivity contribution is 4.76. The highest BCUT2D eigenvalue weighted by Crippen LogP contribution is 2.15. The third kappa shape index (κ3) is 5.78. The van der Waals surface area contributed by atoms with E-state index in [4.69, 9.17) is 4.74 Å². The average Bonchev–Trinajstić information content (AvgIpc) is 2.42. The second-order valence-electron chi connectivity index (χ2n) is 6.34. The Morgan fingerprint density at radius 3 is 2.84 bits per heavy atom. The highest BCUT2D eigenvalue weighted by Gasteiger charge is 2.17. The van der Waals surface area contributed by atoms with Gasteiger partial charge in [-0.05, 0) is 45.2 Å². The molecular weight excluding hydrogens is 238 g/mol. The first-order chi connectivity index (χ1) is 9.24. The Morgan fingerprint density at radius 2 is 2.16 bits per heavy atom. The van der Waals surface area contributed by atoms with Crippen molar-refractivity contribution in [1.82, 2.24) is 15.5 Å². The first kappa shape index (κ1) is 15.2. The number of hydrogen-bond donors (Lipinski definition) is 2. The second-order valence-corrected chi connectivity index (χ2v) is 6.34. The number of hydrogen-bond acceptors (Lipinski definition) is 4. The van der Waals surface area contributed by atoms with E-state index in [2.05, 4.69) is 29.4 Å². The van der Waals surface area contributed by atoms with Crippen molar-refractivity contribution in [3.05, 3.63) is 0 Å². The van der Waals surface area contributed by atoms with E-state index in [-0.39, 0.29) is 0 Å². The number of ether oxygens (including phenoxy) is 1. The van der Waals surface area contributed by atoms with Gasteiger partial charge in [-0.15, -0.1) is 0 Å². The Bertz CT molecular complexity index is 236. The Labute approximate surface area is 118 Å². The minimum Gasteiger partial charge on any atom is -0.379 e. The smallest absolute Gasteiger partial charge is 0.0620 e. The van der Waals surface area contributed by atoms with Crippen LogP contribution in [0.1, 0.15) is 33.1 Å². The maximum Gasteiger partial charge on any atom is 0.0620 e. The zero-order valence-corrected chi connectivity index (χ0v) is 12.7. The van der Waals surface area contributed by atoms with E-state index in [1.54, 1.807) is 0 Å². The van der Waals surface area contributed by atoms with Crippen LogP contribution in [0.15, 0.2) is 0 Å². The summed E-state index contributed by atoms with van der Waals surface area (Å²) in [6.45, 7) is 12.3. The summed E-state index contributed by atoms with van der Waals surface area (Å²) in [4.78, 5) is 2.60. The van der Waals surface area contributed by atoms with Gasteiger partial charge in [0.2, 0.25) is 0 Å². The van der Waals surface area contributed by atoms with E-state index in [1.165, 1.54) is 32.5 Å². The summed E-state index contributed by atoms with van der Waals surface area (Å²) in [7, 11) is 0. The van der Waals surface area contributed by atoms with Gasteiger partial charge < -0.3 is 20.3 Å². The van der Waals surface area contributed by atoms with Crippen LogP contribution in [-0.2, 0) is 4.74 Å². The van der Waals surface area contributed by atoms with Crippen LogP contribution in [0, 0.1) is 5.92 Å². The van der Waals surface area contributed by atoms with E-state index in [0.29, 0.717) is 12.1 Å². The fraction of sp³-hybridized carbons (Fsp3) is 1.00. The molecule has 2 fully saturated rings. The standard InChI is InChI=1S/C15H31N3O/c1-13-3-7-18(8-4-13)9-5-16-14(2)11-15-12-19-10-6-17-15/h13-17H,3-12H2,1-2H3. The normalized spacial score (nSPS) is 28.4. The lowest BCUT2D eigenvalue weighted by Gasteiger charge is -2.31. The lowest BCUT2D eigenvalue weighted by atomic mass is 9.99. The summed E-state index contributed by atoms with van der Waals surface area (Å²) in [5.41, 5.74) is 0. The summed E-state index contributed by atoms with van der Waals surface area (Å²) >= 11 is 0. The van der Waals surface area contributed by atoms with Crippen LogP contribution >= 0.6 is 0 Å². The Kier molecular flexibility index (Phi) is 6.57. The van der Waals surface area contributed by atoms with Gasteiger partial charge in [0.05, 0.1) is 13.2 Å². The minimum atomic E-state index is 0.534. The molecule has 2 aliphatic heterocycles. The molecule has 0 bridgehead atoms. The maximum atomic E-state index is 5.49. The molecule has 2 atom stereocenters. The van der Waals surface area contributed by atoms with E-state index in [9.17, 15) is 0 Å². The van der Waals surface area contributed by atoms with Crippen LogP contribution in [0.2, 0.25) is 0 Å². The van der Waals surface area contributed by atoms with Gasteiger partial charge in [-0.25, -0.2) is 0 Å². The third-order valence-corrected chi connectivity index (χ3v) is 4.43. The zero-order valence-electron chi connectivity index (χ0n) is 12.7. The predicted molar refractivity (Wildman–Crippen MR) is 79.5 cm³/mol. The fourth-order valence-corrected chi connectivity index (χ4v) is 3.04. The van der Waals surface area contributed by atoms with E-state index < -0.39 is 0 Å². The Morgan fingerprint density at radius 1 is 1.37 bits per heavy atom. The molecule has 2 heterocycles. The number of piperidine rings is 1. The molecule has 2 rings (SSSR count). The molecule has 0 saturated carbocycles. The van der Waals surface area contributed by atoms with Crippen molar-refractivity contribution in [2.75, 3.05) is 45.9 Å². The van der Waals surface area contributed by atoms with E-state index >= 15 is 0 Å². The van der Waals surface area contributed by atoms with Crippen LogP contribution in [0.3, 0.4) is 0 Å². The zero-order chi connectivity index (χ0) is 13.5. The summed E-state index contributed by atoms with van der Waals surface area (Å²) in [5, 5.41) is 7.17. The molecule has 2 aliphatic rings. The van der Waals surface area contributed by atoms with E-state index in [0.717, 1.165) is 38.6 Å². The summed E-state index contributed by atoms with van der Waals surface area (Å²) in [5.74, 6) is 0.931. The molecule has 0 amide bonds. The van der Waals surface area contributed by atoms with Crippen molar-refractivity contribution in [2.45, 2.75) is 45.2 Å². The third-order valence-electron chi connectivity index (χ3n) is 4.43. The molecular formula is C15H31N3O. The monoisotopic (exact) mass is 269 g/mol. The maximum absolute atomic E-state index is 5.49. The van der Waals surface area contributed by atoms with E-state index in [1.807, 2.05) is 0 Å². The largest absolute Gasteiger partial charge is 0.379 e. The number of morpholine rings is 1. The van der Waals surface area contributed by atoms with Gasteiger partial charge in [0.1, 0.15) is 0 Å². The van der Waals surface area contributed by atoms with Gasteiger partial charge in [0, 0.05) is 31.7 Å². The Balaban J connectivity index is 1.52. The quantitative estimate of drug-likeness (QED) is 0.756. The van der Waals surface area contributed by atoms with Gasteiger partial charge in [-0.3, -0.25) is 0 Å². The minimum absolute atomic E-state index is 0.534.